The summed E-state index contributed by atoms with van der Waals surface area (Å²) < 4.78 is 23.8. The average Bonchev–Trinajstić information content (AvgIpc) is 3.78. The molecule has 7 rings (SSSR count). The maximum absolute atomic E-state index is 10.5. The van der Waals surface area contributed by atoms with Gasteiger partial charge in [0.1, 0.15) is 17.1 Å². The van der Waals surface area contributed by atoms with Crippen LogP contribution in [0.1, 0.15) is 41.1 Å². The molecule has 75 heavy (non-hydrogen) atoms. The number of ether oxygens (including phenoxy) is 5. The molecule has 2 aliphatic carbocycles. The summed E-state index contributed by atoms with van der Waals surface area (Å²) in [5, 5.41) is 82.0. The van der Waals surface area contributed by atoms with Crippen molar-refractivity contribution < 1.29 is 75.6 Å². The first-order chi connectivity index (χ1) is 35.8. The van der Waals surface area contributed by atoms with Crippen molar-refractivity contribution in [2.45, 2.75) is 19.2 Å². The summed E-state index contributed by atoms with van der Waals surface area (Å²) >= 11 is 2.50. The zero-order valence-electron chi connectivity index (χ0n) is 43.1. The van der Waals surface area contributed by atoms with Gasteiger partial charge in [0.15, 0.2) is 12.6 Å². The van der Waals surface area contributed by atoms with Crippen LogP contribution in [0.2, 0.25) is 0 Å². The number of hydrogen-bond donors (Lipinski definition) is 4. The summed E-state index contributed by atoms with van der Waals surface area (Å²) in [6.45, 7) is 0.275. The molecule has 0 aromatic heterocycles. The number of methoxy groups -OCH3 is 5. The number of rotatable bonds is 11. The molecule has 6 N–H and O–H groups in total. The first-order valence-corrected chi connectivity index (χ1v) is 37.4. The van der Waals surface area contributed by atoms with Gasteiger partial charge >= 0.3 is 64.6 Å². The SMILES string of the molecule is CO.COC(O)c1ccccc1N=O.COC1ON(O)c2ccccc21.COC=C1C=CC=C/C1=[N+](/[O-])O.COC=C1C=CC=CC1=[N+]([O-])[O-].COCc1ccccc1[N+](=O)[O-].O.O=Cc1ccccc1N=O.[H+].[K][K]. The van der Waals surface area contributed by atoms with E-state index in [9.17, 15) is 50.7 Å². The third-order valence-corrected chi connectivity index (χ3v) is 8.75. The van der Waals surface area contributed by atoms with Gasteiger partial charge in [0.2, 0.25) is 12.0 Å². The number of aliphatic hydroxyl groups excluding tert-OH is 2. The van der Waals surface area contributed by atoms with Crippen molar-refractivity contribution in [3.8, 4) is 0 Å². The quantitative estimate of drug-likeness (QED) is 0.0135. The van der Waals surface area contributed by atoms with E-state index in [1.807, 2.05) is 18.2 Å². The molecule has 0 amide bonds. The van der Waals surface area contributed by atoms with Crippen LogP contribution < -0.4 is 5.23 Å². The van der Waals surface area contributed by atoms with E-state index >= 15 is 0 Å². The van der Waals surface area contributed by atoms with Crippen molar-refractivity contribution in [2.24, 2.45) is 10.4 Å². The first-order valence-electron chi connectivity index (χ1n) is 21.4. The number of nitro groups is 1. The minimum absolute atomic E-state index is 0. The zero-order chi connectivity index (χ0) is 55.8. The predicted octanol–water partition coefficient (Wildman–Crippen LogP) is 7.04. The van der Waals surface area contributed by atoms with Gasteiger partial charge in [-0.2, -0.15) is 4.90 Å². The molecule has 27 heteroatoms. The number of aldehydes is 1. The Morgan fingerprint density at radius 2 is 1.24 bits per heavy atom. The second-order valence-corrected chi connectivity index (χ2v) is 13.2. The molecular weight excluding hydrogens is 1040 g/mol. The molecule has 0 radical (unpaired) electrons. The van der Waals surface area contributed by atoms with Crippen LogP contribution >= 0.6 is 0 Å². The molecule has 1 aliphatic heterocycles. The second kappa shape index (κ2) is 43.7. The van der Waals surface area contributed by atoms with Crippen molar-refractivity contribution in [1.29, 1.82) is 0 Å². The van der Waals surface area contributed by atoms with E-state index in [0.29, 0.717) is 39.8 Å². The number of nitro benzene ring substituents is 1. The van der Waals surface area contributed by atoms with E-state index in [2.05, 4.69) is 19.8 Å². The van der Waals surface area contributed by atoms with E-state index in [0.717, 1.165) is 17.9 Å². The Bertz CT molecular complexity index is 2520. The van der Waals surface area contributed by atoms with Gasteiger partial charge in [0.25, 0.3) is 11.4 Å². The molecule has 1 heterocycles. The molecule has 0 saturated carbocycles. The van der Waals surface area contributed by atoms with E-state index < -0.39 is 22.4 Å². The predicted molar refractivity (Wildman–Crippen MR) is 280 cm³/mol. The van der Waals surface area contributed by atoms with E-state index in [4.69, 9.17) is 29.4 Å². The molecular formula is C48H56K2N6O19. The molecule has 0 saturated heterocycles. The molecule has 2 atom stereocenters. The normalized spacial score (nSPS) is 14.9. The molecule has 4 aromatic carbocycles. The fourth-order valence-corrected chi connectivity index (χ4v) is 5.55. The standard InChI is InChI=1S/3C8H9NO3.C8H8NO3.C8H9NO3.C7H5NO2.CH4O.2K.H2O/c1-11-8-6-4-2-3-5-7(6)9(10)12-8;3*1-12-6-7-4-2-3-5-8(7)9(10)11;1-12-8(10)6-4-2-3-5-7(6)9-11;9-5-6-3-1-2-4-7(6)8-10;1-2;;;/h2-5,8,10H,1H3;2-5H,6H2,1H3;2-6H,1H3,(H,10,11);2-6H,1H3;2-5,8,10H,1H3;1-5H;2H,1H3;;;1H2/q;;;-1;;;;;;/p+1. The summed E-state index contributed by atoms with van der Waals surface area (Å²) in [4.78, 5) is 44.8. The Labute approximate surface area is 478 Å². The van der Waals surface area contributed by atoms with Gasteiger partial charge in [-0.1, -0.05) is 85.0 Å². The Hall–Kier alpha value is -5.52. The summed E-state index contributed by atoms with van der Waals surface area (Å²) in [6.07, 6.45) is 14.7. The second-order valence-electron chi connectivity index (χ2n) is 13.2. The Morgan fingerprint density at radius 1 is 0.747 bits per heavy atom. The number of anilines is 1. The number of para-hydroxylation sites is 2. The van der Waals surface area contributed by atoms with Crippen LogP contribution in [0.25, 0.3) is 0 Å². The van der Waals surface area contributed by atoms with Gasteiger partial charge in [-0.25, -0.2) is 4.84 Å². The molecule has 25 nitrogen and oxygen atoms in total. The molecule has 0 fully saturated rings. The molecule has 2 unspecified atom stereocenters. The van der Waals surface area contributed by atoms with Gasteiger partial charge in [0, 0.05) is 68.3 Å². The summed E-state index contributed by atoms with van der Waals surface area (Å²) in [7, 11) is 8.32. The Kier molecular flexibility index (Phi) is 41.7. The van der Waals surface area contributed by atoms with Crippen LogP contribution in [-0.4, -0.2) is 164 Å². The molecule has 394 valence electrons. The van der Waals surface area contributed by atoms with Crippen LogP contribution in [0.4, 0.5) is 22.7 Å². The fraction of sp³-hybridized carbons (Fsp3) is 0.188. The van der Waals surface area contributed by atoms with Gasteiger partial charge in [-0.3, -0.25) is 25.3 Å². The van der Waals surface area contributed by atoms with E-state index in [1.54, 1.807) is 97.1 Å². The first kappa shape index (κ1) is 71.6. The number of allylic oxidation sites excluding steroid dienone is 10. The van der Waals surface area contributed by atoms with Crippen LogP contribution in [-0.2, 0) is 35.1 Å². The third-order valence-electron chi connectivity index (χ3n) is 8.75. The monoisotopic (exact) mass is 1100 g/mol. The van der Waals surface area contributed by atoms with E-state index in [1.165, 1.54) is 142 Å². The van der Waals surface area contributed by atoms with Crippen molar-refractivity contribution >= 4 is 104 Å². The number of fused-ring (bicyclic) bond motifs is 1. The number of hydrogen-bond acceptors (Lipinski definition) is 21. The molecule has 3 aliphatic rings. The summed E-state index contributed by atoms with van der Waals surface area (Å²) in [5.41, 5.74) is 4.52. The Balaban J connectivity index is -0.000000826. The number of benzene rings is 4. The summed E-state index contributed by atoms with van der Waals surface area (Å²) in [6, 6.07) is 26.7. The van der Waals surface area contributed by atoms with Crippen molar-refractivity contribution in [3.63, 3.8) is 0 Å². The van der Waals surface area contributed by atoms with Gasteiger partial charge in [-0.15, -0.1) is 15.0 Å². The van der Waals surface area contributed by atoms with Crippen LogP contribution in [0.15, 0.2) is 180 Å². The molecule has 4 aromatic rings. The summed E-state index contributed by atoms with van der Waals surface area (Å²) in [5.74, 6) is 0. The van der Waals surface area contributed by atoms with Crippen molar-refractivity contribution in [3.05, 3.63) is 227 Å². The van der Waals surface area contributed by atoms with Gasteiger partial charge < -0.3 is 55.0 Å². The fourth-order valence-electron chi connectivity index (χ4n) is 5.55. The number of carbonyl (C=O) groups excluding carboxylic acids is 1. The molecule has 0 bridgehead atoms. The zero-order valence-corrected chi connectivity index (χ0v) is 48.4. The van der Waals surface area contributed by atoms with Crippen LogP contribution in [0, 0.1) is 35.6 Å². The van der Waals surface area contributed by atoms with Crippen molar-refractivity contribution in [2.75, 3.05) is 47.9 Å². The van der Waals surface area contributed by atoms with Crippen molar-refractivity contribution in [1.82, 2.24) is 0 Å². The van der Waals surface area contributed by atoms with E-state index in [-0.39, 0.29) is 46.9 Å². The third kappa shape index (κ3) is 26.2. The maximum atomic E-state index is 10.5. The average molecular weight is 1100 g/mol. The topological polar surface area (TPSA) is 365 Å². The van der Waals surface area contributed by atoms with Gasteiger partial charge in [0.05, 0.1) is 55.0 Å². The van der Waals surface area contributed by atoms with Crippen LogP contribution in [0.3, 0.4) is 0 Å². The number of nitrogens with zero attached hydrogens (tertiary/aromatic N) is 6. The number of aliphatic hydroxyl groups is 2. The number of nitroso groups, excluding NO2 is 2. The van der Waals surface area contributed by atoms with Gasteiger partial charge in [-0.05, 0) is 52.8 Å². The molecule has 0 spiro atoms. The number of carbonyl (C=O) groups is 1. The van der Waals surface area contributed by atoms with Crippen LogP contribution in [0.5, 0.6) is 0 Å². The Morgan fingerprint density at radius 3 is 1.73 bits per heavy atom. The minimum atomic E-state index is -1.08.